The number of nitrogens with two attached hydrogens (primary N) is 1. The predicted octanol–water partition coefficient (Wildman–Crippen LogP) is -0.705. The Bertz CT molecular complexity index is 79.6. The summed E-state index contributed by atoms with van der Waals surface area (Å²) in [4.78, 5) is 0. The summed E-state index contributed by atoms with van der Waals surface area (Å²) < 4.78 is 18.9. The molecule has 0 rings (SSSR count). The van der Waals surface area contributed by atoms with E-state index in [1.54, 1.807) is 0 Å². The van der Waals surface area contributed by atoms with Crippen LogP contribution in [0, 0.1) is 0 Å². The van der Waals surface area contributed by atoms with Crippen LogP contribution in [-0.4, -0.2) is 8.76 Å². The van der Waals surface area contributed by atoms with Gasteiger partial charge in [-0.3, -0.25) is 4.21 Å². The largest absolute Gasteiger partial charge is 0.769 e. The molecule has 2 N–H and O–H groups in total. The molecule has 3 nitrogen and oxygen atoms in total. The second kappa shape index (κ2) is 2.87. The van der Waals surface area contributed by atoms with Crippen molar-refractivity contribution in [1.29, 1.82) is 0 Å². The van der Waals surface area contributed by atoms with Crippen LogP contribution in [0.1, 0.15) is 0 Å². The average Bonchev–Trinajstić information content (AvgIpc) is 1.35. The molecule has 0 amide bonds. The summed E-state index contributed by atoms with van der Waals surface area (Å²) in [6, 6.07) is 0. The van der Waals surface area contributed by atoms with Gasteiger partial charge in [0.15, 0.2) is 0 Å². The van der Waals surface area contributed by atoms with E-state index in [9.17, 15) is 8.76 Å². The molecule has 0 spiro atoms. The smallest absolute Gasteiger partial charge is 0.00399 e. The summed E-state index contributed by atoms with van der Waals surface area (Å²) in [6.45, 7) is 0. The van der Waals surface area contributed by atoms with Gasteiger partial charge in [0.2, 0.25) is 0 Å². The number of hydrogen-bond donors (Lipinski definition) is 1. The Morgan fingerprint density at radius 2 is 2.33 bits per heavy atom. The molecule has 4 heteroatoms. The van der Waals surface area contributed by atoms with Crippen molar-refractivity contribution in [3.63, 3.8) is 0 Å². The molecule has 0 saturated carbocycles. The molecule has 1 unspecified atom stereocenters. The fraction of sp³-hybridized carbons (Fsp3) is 0. The molecule has 1 atom stereocenters. The lowest BCUT2D eigenvalue weighted by Crippen LogP contribution is -1.81. The first kappa shape index (κ1) is 5.65. The third-order valence-corrected chi connectivity index (χ3v) is 0.569. The minimum absolute atomic E-state index is 0.861. The highest BCUT2D eigenvalue weighted by molar-refractivity contribution is 7.82. The van der Waals surface area contributed by atoms with E-state index in [1.165, 1.54) is 0 Å². The van der Waals surface area contributed by atoms with E-state index in [4.69, 9.17) is 0 Å². The Morgan fingerprint density at radius 1 is 1.83 bits per heavy atom. The van der Waals surface area contributed by atoms with Crippen molar-refractivity contribution in [3.05, 3.63) is 11.6 Å². The minimum atomic E-state index is -2.12. The Balaban J connectivity index is 3.30. The molecular formula is C2H4NO2S-. The highest BCUT2D eigenvalue weighted by atomic mass is 32.2. The van der Waals surface area contributed by atoms with Crippen molar-refractivity contribution in [3.8, 4) is 0 Å². The summed E-state index contributed by atoms with van der Waals surface area (Å²) in [5.41, 5.74) is 4.66. The van der Waals surface area contributed by atoms with Gasteiger partial charge in [-0.1, -0.05) is 0 Å². The van der Waals surface area contributed by atoms with E-state index in [0.717, 1.165) is 11.6 Å². The van der Waals surface area contributed by atoms with E-state index in [1.807, 2.05) is 0 Å². The Kier molecular flexibility index (Phi) is 2.70. The standard InChI is InChI=1S/C2H5NO2S/c3-1-2-6(4)5/h1-2H,3H2,(H,4,5)/p-1/b2-1-. The summed E-state index contributed by atoms with van der Waals surface area (Å²) in [5.74, 6) is 0. The van der Waals surface area contributed by atoms with Gasteiger partial charge in [0, 0.05) is 11.6 Å². The zero-order valence-corrected chi connectivity index (χ0v) is 3.77. The van der Waals surface area contributed by atoms with E-state index >= 15 is 0 Å². The van der Waals surface area contributed by atoms with Crippen LogP contribution in [0.5, 0.6) is 0 Å². The molecule has 0 heterocycles. The highest BCUT2D eigenvalue weighted by Crippen LogP contribution is 1.67. The van der Waals surface area contributed by atoms with Gasteiger partial charge in [-0.2, -0.15) is 0 Å². The maximum Gasteiger partial charge on any atom is 0.00399 e. The Morgan fingerprint density at radius 3 is 2.33 bits per heavy atom. The molecule has 0 aliphatic heterocycles. The zero-order chi connectivity index (χ0) is 4.99. The van der Waals surface area contributed by atoms with E-state index in [-0.39, 0.29) is 0 Å². The van der Waals surface area contributed by atoms with E-state index < -0.39 is 11.1 Å². The second-order valence-corrected chi connectivity index (χ2v) is 1.38. The lowest BCUT2D eigenvalue weighted by Gasteiger charge is -1.89. The van der Waals surface area contributed by atoms with Crippen LogP contribution in [0.15, 0.2) is 11.6 Å². The molecule has 6 heavy (non-hydrogen) atoms. The van der Waals surface area contributed by atoms with Crippen molar-refractivity contribution in [2.75, 3.05) is 0 Å². The monoisotopic (exact) mass is 106 g/mol. The average molecular weight is 106 g/mol. The van der Waals surface area contributed by atoms with Gasteiger partial charge >= 0.3 is 0 Å². The zero-order valence-electron chi connectivity index (χ0n) is 2.96. The van der Waals surface area contributed by atoms with Gasteiger partial charge < -0.3 is 10.3 Å². The van der Waals surface area contributed by atoms with Crippen LogP contribution in [0.2, 0.25) is 0 Å². The van der Waals surface area contributed by atoms with Crippen molar-refractivity contribution < 1.29 is 8.76 Å². The lowest BCUT2D eigenvalue weighted by atomic mass is 11.1. The predicted molar refractivity (Wildman–Crippen MR) is 22.2 cm³/mol. The summed E-state index contributed by atoms with van der Waals surface area (Å²) >= 11 is -2.12. The Labute approximate surface area is 38.1 Å². The second-order valence-electron chi connectivity index (χ2n) is 0.589. The summed E-state index contributed by atoms with van der Waals surface area (Å²) in [7, 11) is 0. The third-order valence-electron chi connectivity index (χ3n) is 0.190. The fourth-order valence-electron chi connectivity index (χ4n) is 0.0642. The topological polar surface area (TPSA) is 66.2 Å². The molecule has 0 radical (unpaired) electrons. The Hall–Kier alpha value is -0.350. The van der Waals surface area contributed by atoms with Crippen LogP contribution in [0.4, 0.5) is 0 Å². The summed E-state index contributed by atoms with van der Waals surface area (Å²) in [5, 5.41) is 0.861. The normalized spacial score (nSPS) is 15.5. The van der Waals surface area contributed by atoms with E-state index in [0.29, 0.717) is 0 Å². The molecule has 0 aromatic carbocycles. The quantitative estimate of drug-likeness (QED) is 0.449. The SMILES string of the molecule is N/C=C\S(=O)[O-]. The molecule has 0 fully saturated rings. The first-order valence-corrected chi connectivity index (χ1v) is 2.37. The summed E-state index contributed by atoms with van der Waals surface area (Å²) in [6.07, 6.45) is 0.961. The van der Waals surface area contributed by atoms with Crippen LogP contribution in [0.25, 0.3) is 0 Å². The number of rotatable bonds is 1. The molecule has 0 aromatic rings. The van der Waals surface area contributed by atoms with Gasteiger partial charge in [0.1, 0.15) is 0 Å². The maximum absolute atomic E-state index is 9.43. The van der Waals surface area contributed by atoms with Gasteiger partial charge in [-0.05, 0) is 11.1 Å². The van der Waals surface area contributed by atoms with Crippen LogP contribution in [-0.2, 0) is 11.1 Å². The van der Waals surface area contributed by atoms with E-state index in [2.05, 4.69) is 5.73 Å². The van der Waals surface area contributed by atoms with Crippen molar-refractivity contribution in [2.24, 2.45) is 5.73 Å². The van der Waals surface area contributed by atoms with Crippen molar-refractivity contribution in [2.45, 2.75) is 0 Å². The minimum Gasteiger partial charge on any atom is -0.769 e. The van der Waals surface area contributed by atoms with Gasteiger partial charge in [0.25, 0.3) is 0 Å². The molecule has 0 aliphatic rings. The molecule has 0 bridgehead atoms. The van der Waals surface area contributed by atoms with Gasteiger partial charge in [0.05, 0.1) is 0 Å². The third kappa shape index (κ3) is 3.65. The molecule has 0 aliphatic carbocycles. The van der Waals surface area contributed by atoms with Gasteiger partial charge in [-0.15, -0.1) is 0 Å². The molecule has 0 saturated heterocycles. The maximum atomic E-state index is 9.43. The van der Waals surface area contributed by atoms with Crippen LogP contribution < -0.4 is 5.73 Å². The highest BCUT2D eigenvalue weighted by Gasteiger charge is 1.58. The van der Waals surface area contributed by atoms with Gasteiger partial charge in [-0.25, -0.2) is 0 Å². The van der Waals surface area contributed by atoms with Crippen LogP contribution >= 0.6 is 0 Å². The fourth-order valence-corrected chi connectivity index (χ4v) is 0.192. The molecular weight excluding hydrogens is 102 g/mol. The lowest BCUT2D eigenvalue weighted by molar-refractivity contribution is 0.546. The van der Waals surface area contributed by atoms with Crippen LogP contribution in [0.3, 0.4) is 0 Å². The molecule has 0 aromatic heterocycles. The van der Waals surface area contributed by atoms with Crippen molar-refractivity contribution in [1.82, 2.24) is 0 Å². The van der Waals surface area contributed by atoms with Crippen molar-refractivity contribution >= 4 is 11.1 Å². The first-order valence-electron chi connectivity index (χ1n) is 1.24. The molecule has 36 valence electrons. The number of hydrogen-bond acceptors (Lipinski definition) is 3. The first-order chi connectivity index (χ1) is 2.77.